The molecule has 0 aromatic heterocycles. The topological polar surface area (TPSA) is 55.1 Å². The minimum atomic E-state index is -0.317. The predicted octanol–water partition coefficient (Wildman–Crippen LogP) is 2.90. The van der Waals surface area contributed by atoms with Gasteiger partial charge in [0.25, 0.3) is 5.91 Å². The van der Waals surface area contributed by atoms with Crippen molar-refractivity contribution >= 4 is 11.6 Å². The van der Waals surface area contributed by atoms with Crippen molar-refractivity contribution in [3.63, 3.8) is 0 Å². The van der Waals surface area contributed by atoms with Gasteiger partial charge >= 0.3 is 0 Å². The molecule has 0 saturated heterocycles. The number of hydrogen-bond acceptors (Lipinski definition) is 2. The number of nitrogen functional groups attached to an aromatic ring is 1. The molecule has 3 N–H and O–H groups in total. The van der Waals surface area contributed by atoms with E-state index in [4.69, 9.17) is 5.73 Å². The third-order valence-electron chi connectivity index (χ3n) is 2.85. The molecular formula is C15H15FN2O. The molecule has 0 bridgehead atoms. The van der Waals surface area contributed by atoms with E-state index < -0.39 is 0 Å². The van der Waals surface area contributed by atoms with Crippen LogP contribution in [0.25, 0.3) is 0 Å². The summed E-state index contributed by atoms with van der Waals surface area (Å²) in [5.74, 6) is -0.549. The second kappa shape index (κ2) is 5.52. The summed E-state index contributed by atoms with van der Waals surface area (Å²) in [6.07, 6.45) is 0. The first-order valence-electron chi connectivity index (χ1n) is 5.98. The van der Waals surface area contributed by atoms with Gasteiger partial charge in [0, 0.05) is 11.3 Å². The highest BCUT2D eigenvalue weighted by molar-refractivity contribution is 5.95. The van der Waals surface area contributed by atoms with Crippen molar-refractivity contribution in [2.24, 2.45) is 0 Å². The molecule has 0 heterocycles. The Morgan fingerprint density at radius 1 is 1.21 bits per heavy atom. The highest BCUT2D eigenvalue weighted by Gasteiger charge is 2.11. The molecule has 2 aromatic carbocycles. The van der Waals surface area contributed by atoms with E-state index >= 15 is 0 Å². The molecule has 0 aliphatic rings. The molecule has 0 saturated carbocycles. The lowest BCUT2D eigenvalue weighted by atomic mass is 10.1. The summed E-state index contributed by atoms with van der Waals surface area (Å²) in [5, 5.41) is 2.81. The normalized spacial score (nSPS) is 11.9. The van der Waals surface area contributed by atoms with Crippen molar-refractivity contribution in [3.8, 4) is 0 Å². The maximum absolute atomic E-state index is 13.1. The largest absolute Gasteiger partial charge is 0.399 e. The second-order valence-electron chi connectivity index (χ2n) is 4.38. The highest BCUT2D eigenvalue weighted by Crippen LogP contribution is 2.15. The van der Waals surface area contributed by atoms with Crippen LogP contribution in [0, 0.1) is 5.82 Å². The first-order valence-corrected chi connectivity index (χ1v) is 5.98. The lowest BCUT2D eigenvalue weighted by Crippen LogP contribution is -2.26. The third kappa shape index (κ3) is 3.31. The average Bonchev–Trinajstić information content (AvgIpc) is 2.38. The molecule has 0 spiro atoms. The summed E-state index contributed by atoms with van der Waals surface area (Å²) in [4.78, 5) is 12.0. The zero-order chi connectivity index (χ0) is 13.8. The Hall–Kier alpha value is -2.36. The van der Waals surface area contributed by atoms with E-state index in [1.165, 1.54) is 12.1 Å². The van der Waals surface area contributed by atoms with Gasteiger partial charge in [-0.25, -0.2) is 4.39 Å². The Labute approximate surface area is 111 Å². The Kier molecular flexibility index (Phi) is 3.80. The quantitative estimate of drug-likeness (QED) is 0.832. The smallest absolute Gasteiger partial charge is 0.251 e. The van der Waals surface area contributed by atoms with Crippen LogP contribution < -0.4 is 11.1 Å². The van der Waals surface area contributed by atoms with Crippen LogP contribution in [0.15, 0.2) is 48.5 Å². The third-order valence-corrected chi connectivity index (χ3v) is 2.85. The zero-order valence-corrected chi connectivity index (χ0v) is 10.6. The number of rotatable bonds is 3. The SMILES string of the molecule is CC(NC(=O)c1cccc(N)c1)c1cccc(F)c1. The zero-order valence-electron chi connectivity index (χ0n) is 10.6. The van der Waals surface area contributed by atoms with Crippen LogP contribution in [0.2, 0.25) is 0 Å². The summed E-state index contributed by atoms with van der Waals surface area (Å²) in [7, 11) is 0. The average molecular weight is 258 g/mol. The van der Waals surface area contributed by atoms with Gasteiger partial charge in [-0.05, 0) is 42.8 Å². The molecule has 1 amide bonds. The number of benzene rings is 2. The van der Waals surface area contributed by atoms with Crippen LogP contribution in [0.4, 0.5) is 10.1 Å². The molecule has 19 heavy (non-hydrogen) atoms. The number of nitrogens with two attached hydrogens (primary N) is 1. The molecule has 1 unspecified atom stereocenters. The van der Waals surface area contributed by atoms with Gasteiger partial charge in [-0.3, -0.25) is 4.79 Å². The molecule has 2 rings (SSSR count). The van der Waals surface area contributed by atoms with Crippen LogP contribution in [0.1, 0.15) is 28.9 Å². The van der Waals surface area contributed by atoms with E-state index in [-0.39, 0.29) is 17.8 Å². The van der Waals surface area contributed by atoms with Crippen LogP contribution in [-0.2, 0) is 0 Å². The van der Waals surface area contributed by atoms with Crippen molar-refractivity contribution in [2.45, 2.75) is 13.0 Å². The molecule has 1 atom stereocenters. The molecule has 98 valence electrons. The van der Waals surface area contributed by atoms with Crippen LogP contribution in [-0.4, -0.2) is 5.91 Å². The Morgan fingerprint density at radius 2 is 1.95 bits per heavy atom. The number of halogens is 1. The second-order valence-corrected chi connectivity index (χ2v) is 4.38. The fourth-order valence-corrected chi connectivity index (χ4v) is 1.82. The number of hydrogen-bond donors (Lipinski definition) is 2. The lowest BCUT2D eigenvalue weighted by molar-refractivity contribution is 0.0940. The molecule has 0 fully saturated rings. The number of nitrogens with one attached hydrogen (secondary N) is 1. The van der Waals surface area contributed by atoms with Crippen LogP contribution in [0.5, 0.6) is 0 Å². The summed E-state index contributed by atoms with van der Waals surface area (Å²) in [6.45, 7) is 1.80. The van der Waals surface area contributed by atoms with Gasteiger partial charge in [-0.1, -0.05) is 18.2 Å². The van der Waals surface area contributed by atoms with Crippen LogP contribution in [0.3, 0.4) is 0 Å². The maximum Gasteiger partial charge on any atom is 0.251 e. The van der Waals surface area contributed by atoms with Crippen LogP contribution >= 0.6 is 0 Å². The summed E-state index contributed by atoms with van der Waals surface area (Å²) in [6, 6.07) is 12.6. The summed E-state index contributed by atoms with van der Waals surface area (Å²) in [5.41, 5.74) is 7.37. The Balaban J connectivity index is 2.11. The first kappa shape index (κ1) is 13.1. The molecule has 3 nitrogen and oxygen atoms in total. The van der Waals surface area contributed by atoms with Crippen molar-refractivity contribution in [2.75, 3.05) is 5.73 Å². The molecule has 0 aliphatic heterocycles. The molecule has 4 heteroatoms. The minimum Gasteiger partial charge on any atom is -0.399 e. The van der Waals surface area contributed by atoms with Gasteiger partial charge in [0.2, 0.25) is 0 Å². The van der Waals surface area contributed by atoms with E-state index in [0.29, 0.717) is 11.3 Å². The van der Waals surface area contributed by atoms with Crippen molar-refractivity contribution < 1.29 is 9.18 Å². The van der Waals surface area contributed by atoms with Gasteiger partial charge in [0.05, 0.1) is 6.04 Å². The minimum absolute atomic E-state index is 0.232. The van der Waals surface area contributed by atoms with Crippen molar-refractivity contribution in [1.82, 2.24) is 5.32 Å². The fourth-order valence-electron chi connectivity index (χ4n) is 1.82. The predicted molar refractivity (Wildman–Crippen MR) is 73.1 cm³/mol. The molecule has 0 radical (unpaired) electrons. The van der Waals surface area contributed by atoms with Crippen molar-refractivity contribution in [3.05, 3.63) is 65.5 Å². The molecule has 2 aromatic rings. The summed E-state index contributed by atoms with van der Waals surface area (Å²) >= 11 is 0. The Bertz CT molecular complexity index is 598. The number of carbonyl (C=O) groups is 1. The van der Waals surface area contributed by atoms with E-state index in [1.54, 1.807) is 43.3 Å². The van der Waals surface area contributed by atoms with Gasteiger partial charge in [0.1, 0.15) is 5.82 Å². The number of amides is 1. The van der Waals surface area contributed by atoms with Gasteiger partial charge in [0.15, 0.2) is 0 Å². The van der Waals surface area contributed by atoms with Gasteiger partial charge in [-0.15, -0.1) is 0 Å². The number of carbonyl (C=O) groups excluding carboxylic acids is 1. The van der Waals surface area contributed by atoms with E-state index in [9.17, 15) is 9.18 Å². The first-order chi connectivity index (χ1) is 9.06. The number of anilines is 1. The monoisotopic (exact) mass is 258 g/mol. The molecule has 0 aliphatic carbocycles. The highest BCUT2D eigenvalue weighted by atomic mass is 19.1. The standard InChI is InChI=1S/C15H15FN2O/c1-10(11-4-2-6-13(16)8-11)18-15(19)12-5-3-7-14(17)9-12/h2-10H,17H2,1H3,(H,18,19). The van der Waals surface area contributed by atoms with E-state index in [1.807, 2.05) is 0 Å². The van der Waals surface area contributed by atoms with E-state index in [0.717, 1.165) is 5.56 Å². The van der Waals surface area contributed by atoms with Gasteiger partial charge in [-0.2, -0.15) is 0 Å². The van der Waals surface area contributed by atoms with Gasteiger partial charge < -0.3 is 11.1 Å². The Morgan fingerprint density at radius 3 is 2.63 bits per heavy atom. The lowest BCUT2D eigenvalue weighted by Gasteiger charge is -2.14. The van der Waals surface area contributed by atoms with E-state index in [2.05, 4.69) is 5.32 Å². The molecular weight excluding hydrogens is 243 g/mol. The van der Waals surface area contributed by atoms with Crippen molar-refractivity contribution in [1.29, 1.82) is 0 Å². The maximum atomic E-state index is 13.1. The fraction of sp³-hybridized carbons (Fsp3) is 0.133. The summed E-state index contributed by atoms with van der Waals surface area (Å²) < 4.78 is 13.1.